The summed E-state index contributed by atoms with van der Waals surface area (Å²) in [7, 11) is 1.60. The van der Waals surface area contributed by atoms with Crippen LogP contribution in [-0.4, -0.2) is 49.3 Å². The van der Waals surface area contributed by atoms with Crippen molar-refractivity contribution >= 4 is 44.1 Å². The van der Waals surface area contributed by atoms with Crippen LogP contribution in [0.15, 0.2) is 48.7 Å². The third-order valence-corrected chi connectivity index (χ3v) is 6.69. The number of rotatable bonds is 5. The first-order valence-corrected chi connectivity index (χ1v) is 11.8. The van der Waals surface area contributed by atoms with E-state index in [0.717, 1.165) is 45.8 Å². The highest BCUT2D eigenvalue weighted by Gasteiger charge is 2.16. The highest BCUT2D eigenvalue weighted by atomic mass is 32.1. The van der Waals surface area contributed by atoms with Crippen LogP contribution >= 0.6 is 11.3 Å². The van der Waals surface area contributed by atoms with Gasteiger partial charge in [0.25, 0.3) is 5.91 Å². The molecule has 3 heterocycles. The Morgan fingerprint density at radius 2 is 2.00 bits per heavy atom. The molecule has 2 aromatic carbocycles. The molecule has 0 saturated carbocycles. The van der Waals surface area contributed by atoms with E-state index < -0.39 is 0 Å². The second kappa shape index (κ2) is 9.28. The zero-order chi connectivity index (χ0) is 23.7. The Balaban J connectivity index is 1.40. The van der Waals surface area contributed by atoms with Crippen molar-refractivity contribution in [2.75, 3.05) is 49.4 Å². The first-order valence-electron chi connectivity index (χ1n) is 11.0. The van der Waals surface area contributed by atoms with Crippen LogP contribution in [0.5, 0.6) is 5.75 Å². The topological polar surface area (TPSA) is 103 Å². The second-order valence-corrected chi connectivity index (χ2v) is 9.08. The van der Waals surface area contributed by atoms with E-state index >= 15 is 0 Å². The lowest BCUT2D eigenvalue weighted by molar-refractivity contribution is 0.102. The Bertz CT molecular complexity index is 1360. The number of pyridine rings is 1. The number of ether oxygens (including phenoxy) is 2. The SMILES string of the molecule is COc1cc(N2CCOCC2)ccc1NC(=O)c1ccc(C)c(-c2cnc3sc(N)nc3c2)c1. The molecule has 174 valence electrons. The van der Waals surface area contributed by atoms with Crippen molar-refractivity contribution < 1.29 is 14.3 Å². The molecule has 0 radical (unpaired) electrons. The lowest BCUT2D eigenvalue weighted by Crippen LogP contribution is -2.36. The summed E-state index contributed by atoms with van der Waals surface area (Å²) in [6.07, 6.45) is 1.79. The maximum absolute atomic E-state index is 13.1. The van der Waals surface area contributed by atoms with Crippen LogP contribution in [0.4, 0.5) is 16.5 Å². The molecule has 5 rings (SSSR count). The Morgan fingerprint density at radius 3 is 2.79 bits per heavy atom. The average molecular weight is 476 g/mol. The number of benzene rings is 2. The van der Waals surface area contributed by atoms with Crippen molar-refractivity contribution in [3.63, 3.8) is 0 Å². The molecule has 1 amide bonds. The molecule has 0 unspecified atom stereocenters. The summed E-state index contributed by atoms with van der Waals surface area (Å²) in [6.45, 7) is 5.07. The number of hydrogen-bond acceptors (Lipinski definition) is 8. The van der Waals surface area contributed by atoms with E-state index in [1.165, 1.54) is 11.3 Å². The number of nitrogens with one attached hydrogen (secondary N) is 1. The second-order valence-electron chi connectivity index (χ2n) is 8.07. The molecule has 8 nitrogen and oxygen atoms in total. The van der Waals surface area contributed by atoms with Crippen LogP contribution in [0.3, 0.4) is 0 Å². The first kappa shape index (κ1) is 22.1. The van der Waals surface area contributed by atoms with Gasteiger partial charge in [-0.25, -0.2) is 9.97 Å². The van der Waals surface area contributed by atoms with Crippen LogP contribution in [0.25, 0.3) is 21.5 Å². The zero-order valence-corrected chi connectivity index (χ0v) is 19.8. The summed E-state index contributed by atoms with van der Waals surface area (Å²) in [5.74, 6) is 0.395. The molecule has 1 aliphatic heterocycles. The van der Waals surface area contributed by atoms with Crippen molar-refractivity contribution in [2.45, 2.75) is 6.92 Å². The predicted octanol–water partition coefficient (Wildman–Crippen LogP) is 4.35. The van der Waals surface area contributed by atoms with Gasteiger partial charge in [0.05, 0.1) is 26.0 Å². The number of carbonyl (C=O) groups excluding carboxylic acids is 1. The number of aryl methyl sites for hydroxylation is 1. The molecule has 0 aliphatic carbocycles. The summed E-state index contributed by atoms with van der Waals surface area (Å²) in [5.41, 5.74) is 11.6. The van der Waals surface area contributed by atoms with E-state index in [1.54, 1.807) is 13.3 Å². The average Bonchev–Trinajstić information content (AvgIpc) is 3.24. The maximum Gasteiger partial charge on any atom is 0.255 e. The molecule has 9 heteroatoms. The van der Waals surface area contributed by atoms with Gasteiger partial charge >= 0.3 is 0 Å². The van der Waals surface area contributed by atoms with E-state index in [0.29, 0.717) is 35.3 Å². The van der Waals surface area contributed by atoms with Gasteiger partial charge in [0.15, 0.2) is 5.13 Å². The lowest BCUT2D eigenvalue weighted by atomic mass is 9.99. The summed E-state index contributed by atoms with van der Waals surface area (Å²) < 4.78 is 11.0. The third-order valence-electron chi connectivity index (χ3n) is 5.88. The number of aromatic nitrogens is 2. The van der Waals surface area contributed by atoms with Crippen molar-refractivity contribution in [1.29, 1.82) is 0 Å². The van der Waals surface area contributed by atoms with E-state index in [2.05, 4.69) is 20.2 Å². The minimum absolute atomic E-state index is 0.217. The van der Waals surface area contributed by atoms with Crippen molar-refractivity contribution in [1.82, 2.24) is 9.97 Å². The normalized spacial score (nSPS) is 13.8. The highest BCUT2D eigenvalue weighted by molar-refractivity contribution is 7.21. The van der Waals surface area contributed by atoms with Crippen LogP contribution in [-0.2, 0) is 4.74 Å². The zero-order valence-electron chi connectivity index (χ0n) is 19.0. The van der Waals surface area contributed by atoms with E-state index in [4.69, 9.17) is 15.2 Å². The van der Waals surface area contributed by atoms with Crippen LogP contribution in [0.2, 0.25) is 0 Å². The van der Waals surface area contributed by atoms with E-state index in [9.17, 15) is 4.79 Å². The minimum atomic E-state index is -0.217. The number of nitrogen functional groups attached to an aromatic ring is 1. The number of fused-ring (bicyclic) bond motifs is 1. The number of carbonyl (C=O) groups is 1. The molecule has 1 fully saturated rings. The van der Waals surface area contributed by atoms with Gasteiger partial charge in [0.1, 0.15) is 16.1 Å². The lowest BCUT2D eigenvalue weighted by Gasteiger charge is -2.29. The van der Waals surface area contributed by atoms with Gasteiger partial charge in [-0.2, -0.15) is 0 Å². The fraction of sp³-hybridized carbons (Fsp3) is 0.240. The molecule has 4 aromatic rings. The molecule has 34 heavy (non-hydrogen) atoms. The van der Waals surface area contributed by atoms with Gasteiger partial charge in [-0.15, -0.1) is 0 Å². The van der Waals surface area contributed by atoms with Crippen molar-refractivity contribution in [3.05, 3.63) is 59.8 Å². The standard InChI is InChI=1S/C25H25N5O3S/c1-15-3-4-16(11-19(15)17-12-21-24(27-14-17)34-25(26)29-21)23(31)28-20-6-5-18(13-22(20)32-2)30-7-9-33-10-8-30/h3-6,11-14H,7-10H2,1-2H3,(H2,26,29)(H,28,31). The minimum Gasteiger partial charge on any atom is -0.494 e. The van der Waals surface area contributed by atoms with Gasteiger partial charge in [-0.3, -0.25) is 4.79 Å². The van der Waals surface area contributed by atoms with Crippen LogP contribution in [0.1, 0.15) is 15.9 Å². The molecule has 3 N–H and O–H groups in total. The molecular formula is C25H25N5O3S. The number of methoxy groups -OCH3 is 1. The van der Waals surface area contributed by atoms with Crippen LogP contribution < -0.4 is 20.7 Å². The largest absolute Gasteiger partial charge is 0.494 e. The fourth-order valence-corrected chi connectivity index (χ4v) is 4.71. The van der Waals surface area contributed by atoms with Crippen LogP contribution in [0, 0.1) is 6.92 Å². The van der Waals surface area contributed by atoms with Gasteiger partial charge in [-0.05, 0) is 48.4 Å². The molecule has 1 saturated heterocycles. The molecule has 0 atom stereocenters. The molecular weight excluding hydrogens is 450 g/mol. The number of anilines is 3. The van der Waals surface area contributed by atoms with Gasteiger partial charge in [-0.1, -0.05) is 17.4 Å². The number of thiazole rings is 1. The Morgan fingerprint density at radius 1 is 1.18 bits per heavy atom. The summed E-state index contributed by atoms with van der Waals surface area (Å²) in [4.78, 5) is 25.0. The Kier molecular flexibility index (Phi) is 6.04. The van der Waals surface area contributed by atoms with Gasteiger partial charge in [0, 0.05) is 42.2 Å². The molecule has 0 bridgehead atoms. The molecule has 1 aliphatic rings. The monoisotopic (exact) mass is 475 g/mol. The number of hydrogen-bond donors (Lipinski definition) is 2. The highest BCUT2D eigenvalue weighted by Crippen LogP contribution is 2.32. The number of nitrogens with zero attached hydrogens (tertiary/aromatic N) is 3. The summed E-state index contributed by atoms with van der Waals surface area (Å²) in [5, 5.41) is 3.47. The predicted molar refractivity (Wildman–Crippen MR) is 136 cm³/mol. The quantitative estimate of drug-likeness (QED) is 0.442. The van der Waals surface area contributed by atoms with E-state index in [-0.39, 0.29) is 5.91 Å². The Labute approximate surface area is 201 Å². The Hall–Kier alpha value is -3.69. The maximum atomic E-state index is 13.1. The molecule has 0 spiro atoms. The third kappa shape index (κ3) is 4.40. The first-order chi connectivity index (χ1) is 16.5. The molecule has 2 aromatic heterocycles. The smallest absolute Gasteiger partial charge is 0.255 e. The van der Waals surface area contributed by atoms with Gasteiger partial charge in [0.2, 0.25) is 0 Å². The van der Waals surface area contributed by atoms with Crippen molar-refractivity contribution in [3.8, 4) is 16.9 Å². The fourth-order valence-electron chi connectivity index (χ4n) is 4.06. The number of morpholine rings is 1. The number of nitrogens with two attached hydrogens (primary N) is 1. The number of amides is 1. The van der Waals surface area contributed by atoms with Crippen molar-refractivity contribution in [2.24, 2.45) is 0 Å². The van der Waals surface area contributed by atoms with Gasteiger partial charge < -0.3 is 25.4 Å². The summed E-state index contributed by atoms with van der Waals surface area (Å²) in [6, 6.07) is 13.4. The van der Waals surface area contributed by atoms with E-state index in [1.807, 2.05) is 49.4 Å². The summed E-state index contributed by atoms with van der Waals surface area (Å²) >= 11 is 1.35.